The average Bonchev–Trinajstić information content (AvgIpc) is 2.69. The number of nitrogens with zero attached hydrogens (tertiary/aromatic N) is 2. The number of amides is 2. The SMILES string of the molecule is CCCCC(=O)Nc1cc(C(=O)NCCOc2ncc(C(F)(F)F)cc2Cl)ccn1. The molecular weight excluding hydrogens is 425 g/mol. The van der Waals surface area contributed by atoms with Crippen LogP contribution in [0.5, 0.6) is 5.88 Å². The second-order valence-corrected chi connectivity index (χ2v) is 6.60. The number of alkyl halides is 3. The third kappa shape index (κ3) is 7.18. The summed E-state index contributed by atoms with van der Waals surface area (Å²) in [5, 5.41) is 4.92. The molecule has 2 heterocycles. The van der Waals surface area contributed by atoms with E-state index in [4.69, 9.17) is 16.3 Å². The number of unbranched alkanes of at least 4 members (excludes halogenated alkanes) is 1. The van der Waals surface area contributed by atoms with Crippen LogP contribution in [0.25, 0.3) is 0 Å². The molecule has 30 heavy (non-hydrogen) atoms. The minimum absolute atomic E-state index is 0.0539. The molecule has 11 heteroatoms. The third-order valence-corrected chi connectivity index (χ3v) is 4.08. The molecule has 2 aromatic rings. The van der Waals surface area contributed by atoms with Crippen molar-refractivity contribution in [1.82, 2.24) is 15.3 Å². The molecule has 0 atom stereocenters. The van der Waals surface area contributed by atoms with Crippen LogP contribution in [0.1, 0.15) is 42.1 Å². The van der Waals surface area contributed by atoms with Gasteiger partial charge in [-0.3, -0.25) is 9.59 Å². The van der Waals surface area contributed by atoms with E-state index in [1.807, 2.05) is 6.92 Å². The highest BCUT2D eigenvalue weighted by molar-refractivity contribution is 6.31. The van der Waals surface area contributed by atoms with Crippen molar-refractivity contribution in [3.05, 3.63) is 46.7 Å². The zero-order chi connectivity index (χ0) is 22.1. The predicted octanol–water partition coefficient (Wildman–Crippen LogP) is 4.09. The molecule has 0 unspecified atom stereocenters. The Morgan fingerprint density at radius 2 is 2.00 bits per heavy atom. The number of halogens is 4. The van der Waals surface area contributed by atoms with Crippen LogP contribution in [0, 0.1) is 0 Å². The first-order valence-electron chi connectivity index (χ1n) is 9.10. The maximum atomic E-state index is 12.6. The zero-order valence-electron chi connectivity index (χ0n) is 16.1. The van der Waals surface area contributed by atoms with Gasteiger partial charge in [-0.25, -0.2) is 9.97 Å². The fourth-order valence-electron chi connectivity index (χ4n) is 2.28. The number of pyridine rings is 2. The predicted molar refractivity (Wildman–Crippen MR) is 104 cm³/mol. The molecule has 0 aliphatic carbocycles. The van der Waals surface area contributed by atoms with E-state index in [0.29, 0.717) is 12.6 Å². The zero-order valence-corrected chi connectivity index (χ0v) is 16.8. The summed E-state index contributed by atoms with van der Waals surface area (Å²) in [6, 6.07) is 3.64. The van der Waals surface area contributed by atoms with Crippen LogP contribution in [-0.4, -0.2) is 34.9 Å². The molecule has 0 bridgehead atoms. The van der Waals surface area contributed by atoms with E-state index in [0.717, 1.165) is 18.9 Å². The lowest BCUT2D eigenvalue weighted by Crippen LogP contribution is -2.28. The molecule has 0 saturated heterocycles. The van der Waals surface area contributed by atoms with Crippen molar-refractivity contribution >= 4 is 29.2 Å². The number of nitrogens with one attached hydrogen (secondary N) is 2. The van der Waals surface area contributed by atoms with Crippen molar-refractivity contribution in [3.63, 3.8) is 0 Å². The molecule has 0 spiro atoms. The topological polar surface area (TPSA) is 93.2 Å². The number of anilines is 1. The van der Waals surface area contributed by atoms with Crippen LogP contribution < -0.4 is 15.4 Å². The molecule has 7 nitrogen and oxygen atoms in total. The van der Waals surface area contributed by atoms with Gasteiger partial charge in [0, 0.05) is 24.4 Å². The number of hydrogen-bond acceptors (Lipinski definition) is 5. The van der Waals surface area contributed by atoms with Gasteiger partial charge in [0.1, 0.15) is 17.4 Å². The summed E-state index contributed by atoms with van der Waals surface area (Å²) >= 11 is 5.75. The fraction of sp³-hybridized carbons (Fsp3) is 0.368. The summed E-state index contributed by atoms with van der Waals surface area (Å²) in [5.41, 5.74) is -0.704. The molecule has 0 radical (unpaired) electrons. The lowest BCUT2D eigenvalue weighted by Gasteiger charge is -2.11. The molecule has 0 fully saturated rings. The molecule has 0 aliphatic heterocycles. The molecule has 0 aliphatic rings. The molecule has 2 rings (SSSR count). The number of rotatable bonds is 9. The van der Waals surface area contributed by atoms with E-state index in [-0.39, 0.29) is 41.3 Å². The highest BCUT2D eigenvalue weighted by Crippen LogP contribution is 2.32. The van der Waals surface area contributed by atoms with Gasteiger partial charge in [0.05, 0.1) is 12.1 Å². The number of carbonyl (C=O) groups is 2. The van der Waals surface area contributed by atoms with Gasteiger partial charge >= 0.3 is 6.18 Å². The van der Waals surface area contributed by atoms with Crippen LogP contribution in [0.15, 0.2) is 30.6 Å². The van der Waals surface area contributed by atoms with Gasteiger partial charge in [0.2, 0.25) is 11.8 Å². The average molecular weight is 445 g/mol. The van der Waals surface area contributed by atoms with E-state index in [9.17, 15) is 22.8 Å². The third-order valence-electron chi connectivity index (χ3n) is 3.81. The molecule has 2 N–H and O–H groups in total. The van der Waals surface area contributed by atoms with Gasteiger partial charge in [-0.15, -0.1) is 0 Å². The molecule has 0 saturated carbocycles. The maximum Gasteiger partial charge on any atom is 0.417 e. The number of ether oxygens (including phenoxy) is 1. The van der Waals surface area contributed by atoms with Crippen molar-refractivity contribution in [2.45, 2.75) is 32.4 Å². The van der Waals surface area contributed by atoms with E-state index < -0.39 is 17.6 Å². The normalized spacial score (nSPS) is 11.1. The van der Waals surface area contributed by atoms with Crippen molar-refractivity contribution in [2.24, 2.45) is 0 Å². The van der Waals surface area contributed by atoms with Gasteiger partial charge in [-0.2, -0.15) is 13.2 Å². The number of carbonyl (C=O) groups excluding carboxylic acids is 2. The quantitative estimate of drug-likeness (QED) is 0.568. The molecular formula is C19H20ClF3N4O3. The summed E-state index contributed by atoms with van der Waals surface area (Å²) in [5.74, 6) is -0.520. The largest absolute Gasteiger partial charge is 0.475 e. The minimum atomic E-state index is -4.55. The highest BCUT2D eigenvalue weighted by atomic mass is 35.5. The van der Waals surface area contributed by atoms with Crippen LogP contribution in [0.4, 0.5) is 19.0 Å². The minimum Gasteiger partial charge on any atom is -0.475 e. The Balaban J connectivity index is 1.84. The lowest BCUT2D eigenvalue weighted by atomic mass is 10.2. The van der Waals surface area contributed by atoms with Crippen LogP contribution in [-0.2, 0) is 11.0 Å². The van der Waals surface area contributed by atoms with Gasteiger partial charge in [0.25, 0.3) is 5.91 Å². The molecule has 2 amide bonds. The molecule has 0 aromatic carbocycles. The Labute approximate surface area is 176 Å². The van der Waals surface area contributed by atoms with Crippen molar-refractivity contribution in [3.8, 4) is 5.88 Å². The Morgan fingerprint density at radius 3 is 2.67 bits per heavy atom. The molecule has 2 aromatic heterocycles. The first-order chi connectivity index (χ1) is 14.2. The number of aromatic nitrogens is 2. The van der Waals surface area contributed by atoms with E-state index in [2.05, 4.69) is 20.6 Å². The second kappa shape index (κ2) is 10.8. The first-order valence-corrected chi connectivity index (χ1v) is 9.48. The molecule has 162 valence electrons. The van der Waals surface area contributed by atoms with E-state index in [1.54, 1.807) is 0 Å². The summed E-state index contributed by atoms with van der Waals surface area (Å²) in [6.07, 6.45) is -0.531. The van der Waals surface area contributed by atoms with Crippen molar-refractivity contribution in [2.75, 3.05) is 18.5 Å². The van der Waals surface area contributed by atoms with Crippen LogP contribution >= 0.6 is 11.6 Å². The summed E-state index contributed by atoms with van der Waals surface area (Å²) < 4.78 is 43.0. The highest BCUT2D eigenvalue weighted by Gasteiger charge is 2.31. The lowest BCUT2D eigenvalue weighted by molar-refractivity contribution is -0.137. The Kier molecular flexibility index (Phi) is 8.40. The fourth-order valence-corrected chi connectivity index (χ4v) is 2.50. The van der Waals surface area contributed by atoms with Gasteiger partial charge < -0.3 is 15.4 Å². The Hall–Kier alpha value is -2.88. The summed E-state index contributed by atoms with van der Waals surface area (Å²) in [6.45, 7) is 1.97. The summed E-state index contributed by atoms with van der Waals surface area (Å²) in [4.78, 5) is 31.5. The van der Waals surface area contributed by atoms with E-state index in [1.165, 1.54) is 18.3 Å². The number of hydrogen-bond donors (Lipinski definition) is 2. The van der Waals surface area contributed by atoms with Gasteiger partial charge in [-0.05, 0) is 24.6 Å². The standard InChI is InChI=1S/C19H20ClF3N4O3/c1-2-3-4-16(28)27-15-9-12(5-6-24-15)17(29)25-7-8-30-18-14(20)10-13(11-26-18)19(21,22)23/h5-6,9-11H,2-4,7-8H2,1H3,(H,25,29)(H,24,27,28). The summed E-state index contributed by atoms with van der Waals surface area (Å²) in [7, 11) is 0. The maximum absolute atomic E-state index is 12.6. The van der Waals surface area contributed by atoms with Crippen molar-refractivity contribution < 1.29 is 27.5 Å². The van der Waals surface area contributed by atoms with Crippen molar-refractivity contribution in [1.29, 1.82) is 0 Å². The second-order valence-electron chi connectivity index (χ2n) is 6.19. The Morgan fingerprint density at radius 1 is 1.23 bits per heavy atom. The first kappa shape index (κ1) is 23.4. The van der Waals surface area contributed by atoms with Gasteiger partial charge in [-0.1, -0.05) is 24.9 Å². The van der Waals surface area contributed by atoms with Crippen LogP contribution in [0.3, 0.4) is 0 Å². The van der Waals surface area contributed by atoms with E-state index >= 15 is 0 Å². The monoisotopic (exact) mass is 444 g/mol. The Bertz CT molecular complexity index is 894. The van der Waals surface area contributed by atoms with Gasteiger partial charge in [0.15, 0.2) is 0 Å². The van der Waals surface area contributed by atoms with Crippen LogP contribution in [0.2, 0.25) is 5.02 Å². The smallest absolute Gasteiger partial charge is 0.417 e.